The highest BCUT2D eigenvalue weighted by Crippen LogP contribution is 2.23. The van der Waals surface area contributed by atoms with Crippen molar-refractivity contribution in [1.29, 1.82) is 0 Å². The number of ether oxygens (including phenoxy) is 4. The van der Waals surface area contributed by atoms with Gasteiger partial charge in [0.2, 0.25) is 5.91 Å². The smallest absolute Gasteiger partial charge is 0.328 e. The van der Waals surface area contributed by atoms with Gasteiger partial charge in [-0.1, -0.05) is 124 Å². The number of nitrogens with zero attached hydrogens (tertiary/aromatic N) is 1. The second-order valence-corrected chi connectivity index (χ2v) is 24.7. The zero-order chi connectivity index (χ0) is 54.1. The van der Waals surface area contributed by atoms with Gasteiger partial charge in [0, 0.05) is 11.8 Å². The number of carbonyl (C=O) groups is 6. The molecule has 1 aliphatic rings. The Kier molecular flexibility index (Phi) is 31.6. The van der Waals surface area contributed by atoms with Crippen molar-refractivity contribution in [2.75, 3.05) is 33.0 Å². The fourth-order valence-corrected chi connectivity index (χ4v) is 5.37. The average molecular weight is 968 g/mol. The number of amides is 2. The third-order valence-corrected chi connectivity index (χ3v) is 10.0. The Morgan fingerprint density at radius 2 is 0.941 bits per heavy atom. The summed E-state index contributed by atoms with van der Waals surface area (Å²) in [6.45, 7) is 45.7. The zero-order valence-electron chi connectivity index (χ0n) is 46.6. The minimum absolute atomic E-state index is 0.139. The largest absolute Gasteiger partial charge is 0.465 e. The Morgan fingerprint density at radius 1 is 0.588 bits per heavy atom. The van der Waals surface area contributed by atoms with E-state index in [1.54, 1.807) is 26.8 Å². The van der Waals surface area contributed by atoms with E-state index in [9.17, 15) is 28.8 Å². The van der Waals surface area contributed by atoms with E-state index in [1.807, 2.05) is 34.6 Å². The molecule has 1 rings (SSSR count). The molecule has 68 heavy (non-hydrogen) atoms. The Balaban J connectivity index is -0.000000848. The molecule has 7 N–H and O–H groups in total. The molecule has 0 saturated heterocycles. The van der Waals surface area contributed by atoms with Gasteiger partial charge >= 0.3 is 23.9 Å². The Labute approximate surface area is 413 Å². The van der Waals surface area contributed by atoms with E-state index in [0.29, 0.717) is 48.4 Å². The van der Waals surface area contributed by atoms with Crippen LogP contribution >= 0.6 is 0 Å². The summed E-state index contributed by atoms with van der Waals surface area (Å²) >= 11 is 0. The van der Waals surface area contributed by atoms with Gasteiger partial charge in [-0.15, -0.1) is 0 Å². The maximum Gasteiger partial charge on any atom is 0.328 e. The van der Waals surface area contributed by atoms with Crippen molar-refractivity contribution < 1.29 is 47.7 Å². The predicted molar refractivity (Wildman–Crippen MR) is 275 cm³/mol. The lowest BCUT2D eigenvalue weighted by Gasteiger charge is -2.25. The Morgan fingerprint density at radius 3 is 1.25 bits per heavy atom. The van der Waals surface area contributed by atoms with E-state index < -0.39 is 35.5 Å². The topological polar surface area (TPSA) is 233 Å². The molecule has 2 amide bonds. The predicted octanol–water partition coefficient (Wildman–Crippen LogP) is 8.93. The van der Waals surface area contributed by atoms with Crippen LogP contribution in [0, 0.1) is 33.0 Å². The van der Waals surface area contributed by atoms with Gasteiger partial charge in [-0.25, -0.2) is 4.79 Å². The summed E-state index contributed by atoms with van der Waals surface area (Å²) < 4.78 is 20.4. The summed E-state index contributed by atoms with van der Waals surface area (Å²) in [6.07, 6.45) is 10.5. The maximum absolute atomic E-state index is 11.9. The summed E-state index contributed by atoms with van der Waals surface area (Å²) in [5, 5.41) is 2.53. The molecule has 0 aliphatic carbocycles. The summed E-state index contributed by atoms with van der Waals surface area (Å²) in [7, 11) is 0. The van der Waals surface area contributed by atoms with E-state index in [2.05, 4.69) is 95.0 Å². The van der Waals surface area contributed by atoms with Crippen LogP contribution in [0.3, 0.4) is 0 Å². The minimum atomic E-state index is -0.873. The van der Waals surface area contributed by atoms with Crippen LogP contribution in [0.1, 0.15) is 190 Å². The summed E-state index contributed by atoms with van der Waals surface area (Å²) in [5.41, 5.74) is 17.5. The first kappa shape index (κ1) is 68.4. The number of nitrogens with two attached hydrogens (primary N) is 3. The van der Waals surface area contributed by atoms with Crippen LogP contribution in [0.25, 0.3) is 0 Å². The summed E-state index contributed by atoms with van der Waals surface area (Å²) in [6, 6.07) is -1.78. The molecule has 0 saturated carbocycles. The van der Waals surface area contributed by atoms with Gasteiger partial charge in [-0.2, -0.15) is 0 Å². The molecular weight excluding hydrogens is 867 g/mol. The molecule has 15 heteroatoms. The first-order valence-corrected chi connectivity index (χ1v) is 24.5. The van der Waals surface area contributed by atoms with Crippen molar-refractivity contribution in [3.05, 3.63) is 24.4 Å². The third kappa shape index (κ3) is 39.1. The number of esters is 4. The van der Waals surface area contributed by atoms with Crippen molar-refractivity contribution >= 4 is 35.7 Å². The van der Waals surface area contributed by atoms with Crippen LogP contribution in [-0.4, -0.2) is 97.2 Å². The molecule has 0 fully saturated rings. The van der Waals surface area contributed by atoms with Gasteiger partial charge in [-0.05, 0) is 111 Å². The monoisotopic (exact) mass is 968 g/mol. The van der Waals surface area contributed by atoms with Crippen LogP contribution in [0.5, 0.6) is 0 Å². The van der Waals surface area contributed by atoms with Gasteiger partial charge in [0.25, 0.3) is 5.91 Å². The Bertz CT molecular complexity index is 1550. The van der Waals surface area contributed by atoms with Crippen LogP contribution < -0.4 is 22.5 Å². The number of nitrogens with one attached hydrogen (secondary N) is 1. The quantitative estimate of drug-likeness (QED) is 0.0508. The average Bonchev–Trinajstić information content (AvgIpc) is 3.47. The van der Waals surface area contributed by atoms with Gasteiger partial charge in [0.05, 0.1) is 26.4 Å². The molecule has 0 spiro atoms. The SMILES string of the molecule is C=C1C=CC(=O)N1CC(=O)NC(C)C(=O)OCCCC(C)(C)C.CC(C)(C)CCCOC(=O)C(C)(C)N.CC(C)(C)CCCOC(=O)C(N)C(C)(C)C.CC(C)C(N)C(=O)OCCCC(C)(C)C. The van der Waals surface area contributed by atoms with Crippen molar-refractivity contribution in [3.8, 4) is 0 Å². The molecule has 1 aliphatic heterocycles. The van der Waals surface area contributed by atoms with Gasteiger partial charge < -0.3 is 46.4 Å². The number of carbonyl (C=O) groups excluding carboxylic acids is 6. The summed E-state index contributed by atoms with van der Waals surface area (Å²) in [5.74, 6) is -1.95. The first-order chi connectivity index (χ1) is 30.5. The number of rotatable bonds is 20. The van der Waals surface area contributed by atoms with Gasteiger partial charge in [-0.3, -0.25) is 24.0 Å². The van der Waals surface area contributed by atoms with E-state index in [0.717, 1.165) is 51.4 Å². The normalized spacial score (nSPS) is 14.5. The van der Waals surface area contributed by atoms with Gasteiger partial charge in [0.15, 0.2) is 0 Å². The fraction of sp³-hybridized carbons (Fsp3) is 0.811. The van der Waals surface area contributed by atoms with Crippen LogP contribution in [-0.2, 0) is 47.7 Å². The molecule has 3 atom stereocenters. The molecule has 0 aromatic heterocycles. The lowest BCUT2D eigenvalue weighted by molar-refractivity contribution is -0.149. The highest BCUT2D eigenvalue weighted by atomic mass is 16.5. The van der Waals surface area contributed by atoms with E-state index >= 15 is 0 Å². The van der Waals surface area contributed by atoms with Gasteiger partial charge in [0.1, 0.15) is 30.2 Å². The minimum Gasteiger partial charge on any atom is -0.465 e. The van der Waals surface area contributed by atoms with Crippen molar-refractivity contribution in [2.45, 2.75) is 214 Å². The van der Waals surface area contributed by atoms with E-state index in [1.165, 1.54) is 11.0 Å². The highest BCUT2D eigenvalue weighted by molar-refractivity contribution is 5.96. The molecule has 398 valence electrons. The van der Waals surface area contributed by atoms with Crippen molar-refractivity contribution in [2.24, 2.45) is 50.2 Å². The maximum atomic E-state index is 11.9. The second kappa shape index (κ2) is 31.4. The fourth-order valence-electron chi connectivity index (χ4n) is 5.37. The van der Waals surface area contributed by atoms with Crippen molar-refractivity contribution in [1.82, 2.24) is 10.2 Å². The van der Waals surface area contributed by atoms with Crippen molar-refractivity contribution in [3.63, 3.8) is 0 Å². The lowest BCUT2D eigenvalue weighted by atomic mass is 9.87. The molecule has 0 aromatic carbocycles. The first-order valence-electron chi connectivity index (χ1n) is 24.5. The molecular formula is C53H101N5O10. The molecule has 15 nitrogen and oxygen atoms in total. The number of hydrogen-bond donors (Lipinski definition) is 4. The van der Waals surface area contributed by atoms with E-state index in [-0.39, 0.29) is 47.1 Å². The van der Waals surface area contributed by atoms with Crippen LogP contribution in [0.2, 0.25) is 0 Å². The highest BCUT2D eigenvalue weighted by Gasteiger charge is 2.29. The number of hydrogen-bond acceptors (Lipinski definition) is 13. The lowest BCUT2D eigenvalue weighted by Crippen LogP contribution is -2.44. The molecule has 0 radical (unpaired) electrons. The van der Waals surface area contributed by atoms with Crippen LogP contribution in [0.15, 0.2) is 24.4 Å². The number of allylic oxidation sites excluding steroid dienone is 1. The molecule has 1 heterocycles. The summed E-state index contributed by atoms with van der Waals surface area (Å²) in [4.78, 5) is 70.6. The zero-order valence-corrected chi connectivity index (χ0v) is 46.6. The standard InChI is InChI=1S/C17H26N2O4.C13H27NO2.C12H25NO2.C11H23NO2/c1-12-7-8-15(21)19(12)11-14(20)18-13(2)16(22)23-10-6-9-17(3,4)5;1-12(2,3)8-7-9-16-11(15)10(14)13(4,5)6;1-9(2)10(13)11(14)15-8-6-7-12(3,4)5;1-10(2,3)7-6-8-14-9(13)11(4,5)12/h7-8,13H,1,6,9-11H2,2-5H3,(H,18,20);10H,7-9,14H2,1-6H3;9-10H,6-8,13H2,1-5H3;6-8,12H2,1-5H3. The molecule has 0 aromatic rings. The third-order valence-electron chi connectivity index (χ3n) is 10.0. The second-order valence-electron chi connectivity index (χ2n) is 24.7. The molecule has 0 bridgehead atoms. The van der Waals surface area contributed by atoms with Crippen LogP contribution in [0.4, 0.5) is 0 Å². The van der Waals surface area contributed by atoms with E-state index in [4.69, 9.17) is 36.1 Å². The molecule has 3 unspecified atom stereocenters. The Hall–Kier alpha value is -3.82.